The monoisotopic (exact) mass is 367 g/mol. The van der Waals surface area contributed by atoms with Crippen LogP contribution in [0.2, 0.25) is 5.02 Å². The second-order valence-corrected chi connectivity index (χ2v) is 7.47. The number of piperidine rings is 1. The predicted octanol–water partition coefficient (Wildman–Crippen LogP) is 4.35. The number of nitrogens with zero attached hydrogens (tertiary/aromatic N) is 2. The number of benzene rings is 1. The number of nitrogens with one attached hydrogen (secondary N) is 3. The van der Waals surface area contributed by atoms with Crippen LogP contribution in [0, 0.1) is 0 Å². The normalized spacial score (nSPS) is 20.1. The van der Waals surface area contributed by atoms with Crippen LogP contribution in [0.4, 0.5) is 5.82 Å². The smallest absolute Gasteiger partial charge is 0.156 e. The maximum absolute atomic E-state index is 6.05. The zero-order valence-electron chi connectivity index (χ0n) is 14.7. The van der Waals surface area contributed by atoms with Crippen molar-refractivity contribution in [1.29, 1.82) is 0 Å². The van der Waals surface area contributed by atoms with E-state index in [-0.39, 0.29) is 5.54 Å². The van der Waals surface area contributed by atoms with Gasteiger partial charge in [-0.05, 0) is 56.1 Å². The van der Waals surface area contributed by atoms with Gasteiger partial charge in [-0.25, -0.2) is 0 Å². The lowest BCUT2D eigenvalue weighted by Gasteiger charge is -2.35. The first-order chi connectivity index (χ1) is 12.6. The summed E-state index contributed by atoms with van der Waals surface area (Å²) in [5, 5.41) is 15.7. The van der Waals surface area contributed by atoms with Crippen molar-refractivity contribution in [3.8, 4) is 22.4 Å². The SMILES string of the molecule is CC1(Nc2n[nH]c(-c3ccc(Cl)cc3)c2-c2ccncc2)CCCNC1. The van der Waals surface area contributed by atoms with Crippen LogP contribution < -0.4 is 10.6 Å². The first-order valence-corrected chi connectivity index (χ1v) is 9.26. The Bertz CT molecular complexity index is 867. The van der Waals surface area contributed by atoms with Gasteiger partial charge >= 0.3 is 0 Å². The van der Waals surface area contributed by atoms with E-state index < -0.39 is 0 Å². The summed E-state index contributed by atoms with van der Waals surface area (Å²) in [4.78, 5) is 4.15. The Morgan fingerprint density at radius 1 is 1.08 bits per heavy atom. The molecule has 5 nitrogen and oxygen atoms in total. The lowest BCUT2D eigenvalue weighted by atomic mass is 9.91. The van der Waals surface area contributed by atoms with Crippen molar-refractivity contribution in [2.45, 2.75) is 25.3 Å². The minimum atomic E-state index is -0.0213. The Morgan fingerprint density at radius 3 is 2.54 bits per heavy atom. The quantitative estimate of drug-likeness (QED) is 0.641. The molecule has 1 aliphatic heterocycles. The Kier molecular flexibility index (Phi) is 4.66. The molecule has 0 spiro atoms. The van der Waals surface area contributed by atoms with E-state index >= 15 is 0 Å². The summed E-state index contributed by atoms with van der Waals surface area (Å²) < 4.78 is 0. The molecule has 0 saturated carbocycles. The van der Waals surface area contributed by atoms with Gasteiger partial charge in [0.05, 0.1) is 11.3 Å². The Labute approximate surface area is 158 Å². The van der Waals surface area contributed by atoms with Gasteiger partial charge in [0.15, 0.2) is 5.82 Å². The van der Waals surface area contributed by atoms with Gasteiger partial charge in [-0.2, -0.15) is 5.10 Å². The minimum absolute atomic E-state index is 0.0213. The number of rotatable bonds is 4. The lowest BCUT2D eigenvalue weighted by molar-refractivity contribution is 0.368. The van der Waals surface area contributed by atoms with E-state index in [0.29, 0.717) is 0 Å². The fourth-order valence-electron chi connectivity index (χ4n) is 3.51. The number of aromatic amines is 1. The van der Waals surface area contributed by atoms with Crippen LogP contribution >= 0.6 is 11.6 Å². The fourth-order valence-corrected chi connectivity index (χ4v) is 3.63. The molecule has 6 heteroatoms. The molecule has 3 heterocycles. The topological polar surface area (TPSA) is 65.6 Å². The number of halogens is 1. The maximum atomic E-state index is 6.05. The summed E-state index contributed by atoms with van der Waals surface area (Å²) in [5.41, 5.74) is 4.14. The van der Waals surface area contributed by atoms with Crippen LogP contribution in [-0.4, -0.2) is 33.8 Å². The molecule has 1 saturated heterocycles. The van der Waals surface area contributed by atoms with Crippen molar-refractivity contribution >= 4 is 17.4 Å². The Hall–Kier alpha value is -2.37. The number of hydrogen-bond acceptors (Lipinski definition) is 4. The summed E-state index contributed by atoms with van der Waals surface area (Å²) in [6, 6.07) is 11.8. The number of H-pyrrole nitrogens is 1. The van der Waals surface area contributed by atoms with Crippen molar-refractivity contribution in [3.63, 3.8) is 0 Å². The van der Waals surface area contributed by atoms with Crippen molar-refractivity contribution < 1.29 is 0 Å². The standard InChI is InChI=1S/C20H22ClN5/c1-20(9-2-10-23-13-20)24-19-17(14-7-11-22-12-8-14)18(25-26-19)15-3-5-16(21)6-4-15/h3-8,11-12,23H,2,9-10,13H2,1H3,(H2,24,25,26). The van der Waals surface area contributed by atoms with Crippen LogP contribution in [0.3, 0.4) is 0 Å². The first kappa shape index (κ1) is 17.1. The van der Waals surface area contributed by atoms with Gasteiger partial charge in [-0.15, -0.1) is 0 Å². The molecule has 1 atom stereocenters. The van der Waals surface area contributed by atoms with E-state index in [2.05, 4.69) is 32.7 Å². The maximum Gasteiger partial charge on any atom is 0.156 e. The van der Waals surface area contributed by atoms with Crippen molar-refractivity contribution in [3.05, 3.63) is 53.8 Å². The van der Waals surface area contributed by atoms with Gasteiger partial charge in [-0.1, -0.05) is 23.7 Å². The third-order valence-electron chi connectivity index (χ3n) is 4.89. The third kappa shape index (κ3) is 3.45. The van der Waals surface area contributed by atoms with E-state index in [1.165, 1.54) is 0 Å². The third-order valence-corrected chi connectivity index (χ3v) is 5.14. The summed E-state index contributed by atoms with van der Waals surface area (Å²) in [5.74, 6) is 0.868. The molecule has 1 unspecified atom stereocenters. The molecular formula is C20H22ClN5. The predicted molar refractivity (Wildman–Crippen MR) is 106 cm³/mol. The molecule has 0 bridgehead atoms. The number of anilines is 1. The Morgan fingerprint density at radius 2 is 1.85 bits per heavy atom. The molecule has 0 amide bonds. The van der Waals surface area contributed by atoms with Gasteiger partial charge in [-0.3, -0.25) is 10.1 Å². The van der Waals surface area contributed by atoms with Crippen LogP contribution in [-0.2, 0) is 0 Å². The summed E-state index contributed by atoms with van der Waals surface area (Å²) in [7, 11) is 0. The molecule has 1 aromatic carbocycles. The molecule has 26 heavy (non-hydrogen) atoms. The first-order valence-electron chi connectivity index (χ1n) is 8.88. The summed E-state index contributed by atoms with van der Waals surface area (Å²) >= 11 is 6.05. The lowest BCUT2D eigenvalue weighted by Crippen LogP contribution is -2.49. The zero-order valence-corrected chi connectivity index (χ0v) is 15.5. The van der Waals surface area contributed by atoms with Crippen molar-refractivity contribution in [2.75, 3.05) is 18.4 Å². The molecule has 3 N–H and O–H groups in total. The van der Waals surface area contributed by atoms with Gasteiger partial charge < -0.3 is 10.6 Å². The molecular weight excluding hydrogens is 346 g/mol. The van der Waals surface area contributed by atoms with Crippen LogP contribution in [0.25, 0.3) is 22.4 Å². The molecule has 3 aromatic rings. The molecule has 0 aliphatic carbocycles. The van der Waals surface area contributed by atoms with E-state index in [4.69, 9.17) is 11.6 Å². The molecule has 2 aromatic heterocycles. The highest BCUT2D eigenvalue weighted by atomic mass is 35.5. The average molecular weight is 368 g/mol. The van der Waals surface area contributed by atoms with Gasteiger partial charge in [0, 0.05) is 35.1 Å². The molecule has 1 fully saturated rings. The van der Waals surface area contributed by atoms with E-state index in [1.807, 2.05) is 48.8 Å². The average Bonchev–Trinajstić information content (AvgIpc) is 3.06. The van der Waals surface area contributed by atoms with Gasteiger partial charge in [0.1, 0.15) is 0 Å². The van der Waals surface area contributed by atoms with Crippen molar-refractivity contribution in [2.24, 2.45) is 0 Å². The highest BCUT2D eigenvalue weighted by Crippen LogP contribution is 2.37. The van der Waals surface area contributed by atoms with E-state index in [9.17, 15) is 0 Å². The van der Waals surface area contributed by atoms with Gasteiger partial charge in [0.2, 0.25) is 0 Å². The van der Waals surface area contributed by atoms with E-state index in [0.717, 1.165) is 59.2 Å². The zero-order chi connectivity index (χ0) is 18.0. The summed E-state index contributed by atoms with van der Waals surface area (Å²) in [6.45, 7) is 4.24. The largest absolute Gasteiger partial charge is 0.362 e. The molecule has 4 rings (SSSR count). The van der Waals surface area contributed by atoms with Crippen LogP contribution in [0.15, 0.2) is 48.8 Å². The second kappa shape index (κ2) is 7.09. The van der Waals surface area contributed by atoms with E-state index in [1.54, 1.807) is 0 Å². The number of hydrogen-bond donors (Lipinski definition) is 3. The molecule has 1 aliphatic rings. The minimum Gasteiger partial charge on any atom is -0.362 e. The highest BCUT2D eigenvalue weighted by Gasteiger charge is 2.29. The highest BCUT2D eigenvalue weighted by molar-refractivity contribution is 6.30. The molecule has 0 radical (unpaired) electrons. The fraction of sp³-hybridized carbons (Fsp3) is 0.300. The van der Waals surface area contributed by atoms with Crippen LogP contribution in [0.1, 0.15) is 19.8 Å². The van der Waals surface area contributed by atoms with Crippen molar-refractivity contribution in [1.82, 2.24) is 20.5 Å². The molecule has 134 valence electrons. The van der Waals surface area contributed by atoms with Gasteiger partial charge in [0.25, 0.3) is 0 Å². The van der Waals surface area contributed by atoms with Crippen LogP contribution in [0.5, 0.6) is 0 Å². The second-order valence-electron chi connectivity index (χ2n) is 7.03. The number of pyridine rings is 1. The summed E-state index contributed by atoms with van der Waals surface area (Å²) in [6.07, 6.45) is 5.88. The Balaban J connectivity index is 1.78. The number of aromatic nitrogens is 3.